The third-order valence-electron chi connectivity index (χ3n) is 5.16. The molecule has 0 fully saturated rings. The standard InChI is InChI=1S/C27H24Cl2N2O3/c1-4-33-25-14-20(13-23(29)26(25)34-16-19-8-10-22(28)11-9-19)12-21(15-30)27(32)31-24-7-5-6-17(2)18(24)3/h5-14H,4,16H2,1-3H3,(H,31,32)/b21-12+. The molecule has 7 heteroatoms. The molecule has 0 bridgehead atoms. The van der Waals surface area contributed by atoms with E-state index in [9.17, 15) is 10.1 Å². The lowest BCUT2D eigenvalue weighted by Crippen LogP contribution is -2.14. The first-order valence-corrected chi connectivity index (χ1v) is 11.4. The zero-order valence-corrected chi connectivity index (χ0v) is 20.6. The van der Waals surface area contributed by atoms with Crippen LogP contribution in [0.25, 0.3) is 6.08 Å². The molecule has 34 heavy (non-hydrogen) atoms. The summed E-state index contributed by atoms with van der Waals surface area (Å²) in [6, 6.07) is 18.2. The van der Waals surface area contributed by atoms with Crippen LogP contribution in [0, 0.1) is 25.2 Å². The number of ether oxygens (including phenoxy) is 2. The first-order valence-electron chi connectivity index (χ1n) is 10.6. The second-order valence-electron chi connectivity index (χ2n) is 7.55. The van der Waals surface area contributed by atoms with Crippen LogP contribution in [0.1, 0.15) is 29.2 Å². The minimum Gasteiger partial charge on any atom is -0.490 e. The molecule has 0 saturated heterocycles. The number of nitriles is 1. The third-order valence-corrected chi connectivity index (χ3v) is 5.69. The highest BCUT2D eigenvalue weighted by Gasteiger charge is 2.16. The van der Waals surface area contributed by atoms with Gasteiger partial charge < -0.3 is 14.8 Å². The topological polar surface area (TPSA) is 71.3 Å². The van der Waals surface area contributed by atoms with Crippen LogP contribution < -0.4 is 14.8 Å². The van der Waals surface area contributed by atoms with Crippen molar-refractivity contribution in [3.05, 3.63) is 92.5 Å². The Labute approximate surface area is 209 Å². The van der Waals surface area contributed by atoms with Crippen molar-refractivity contribution in [1.82, 2.24) is 0 Å². The van der Waals surface area contributed by atoms with Gasteiger partial charge in [-0.1, -0.05) is 47.5 Å². The Morgan fingerprint density at radius 2 is 1.82 bits per heavy atom. The van der Waals surface area contributed by atoms with Gasteiger partial charge in [0.05, 0.1) is 11.6 Å². The van der Waals surface area contributed by atoms with E-state index in [-0.39, 0.29) is 12.2 Å². The Bertz CT molecular complexity index is 1260. The first kappa shape index (κ1) is 25.2. The van der Waals surface area contributed by atoms with Gasteiger partial charge in [-0.2, -0.15) is 5.26 Å². The largest absolute Gasteiger partial charge is 0.490 e. The number of carbonyl (C=O) groups excluding carboxylic acids is 1. The predicted octanol–water partition coefficient (Wildman–Crippen LogP) is 7.13. The van der Waals surface area contributed by atoms with E-state index in [1.54, 1.807) is 30.3 Å². The molecule has 174 valence electrons. The van der Waals surface area contributed by atoms with Crippen LogP contribution in [0.15, 0.2) is 60.2 Å². The number of carbonyl (C=O) groups is 1. The van der Waals surface area contributed by atoms with E-state index < -0.39 is 5.91 Å². The second-order valence-corrected chi connectivity index (χ2v) is 8.39. The molecule has 3 aromatic carbocycles. The van der Waals surface area contributed by atoms with Crippen LogP contribution in [-0.2, 0) is 11.4 Å². The summed E-state index contributed by atoms with van der Waals surface area (Å²) in [4.78, 5) is 12.8. The first-order chi connectivity index (χ1) is 16.3. The number of amides is 1. The van der Waals surface area contributed by atoms with Crippen LogP contribution in [0.4, 0.5) is 5.69 Å². The highest BCUT2D eigenvalue weighted by atomic mass is 35.5. The number of halogens is 2. The van der Waals surface area contributed by atoms with Gasteiger partial charge in [0, 0.05) is 10.7 Å². The van der Waals surface area contributed by atoms with E-state index in [4.69, 9.17) is 32.7 Å². The number of nitrogens with zero attached hydrogens (tertiary/aromatic N) is 1. The smallest absolute Gasteiger partial charge is 0.266 e. The summed E-state index contributed by atoms with van der Waals surface area (Å²) in [6.45, 7) is 6.38. The molecular formula is C27H24Cl2N2O3. The van der Waals surface area contributed by atoms with Gasteiger partial charge in [-0.15, -0.1) is 0 Å². The summed E-state index contributed by atoms with van der Waals surface area (Å²) in [6.07, 6.45) is 1.47. The number of hydrogen-bond donors (Lipinski definition) is 1. The Kier molecular flexibility index (Phi) is 8.59. The number of anilines is 1. The molecule has 0 unspecified atom stereocenters. The van der Waals surface area contributed by atoms with Crippen molar-refractivity contribution in [2.45, 2.75) is 27.4 Å². The summed E-state index contributed by atoms with van der Waals surface area (Å²) < 4.78 is 11.6. The Morgan fingerprint density at radius 3 is 2.50 bits per heavy atom. The molecule has 5 nitrogen and oxygen atoms in total. The maximum absolute atomic E-state index is 12.8. The molecule has 0 spiro atoms. The van der Waals surface area contributed by atoms with Gasteiger partial charge >= 0.3 is 0 Å². The fourth-order valence-electron chi connectivity index (χ4n) is 3.20. The van der Waals surface area contributed by atoms with E-state index in [0.29, 0.717) is 39.4 Å². The van der Waals surface area contributed by atoms with E-state index in [1.807, 2.05) is 51.1 Å². The molecule has 0 radical (unpaired) electrons. The Balaban J connectivity index is 1.86. The maximum Gasteiger partial charge on any atom is 0.266 e. The van der Waals surface area contributed by atoms with Crippen LogP contribution in [-0.4, -0.2) is 12.5 Å². The van der Waals surface area contributed by atoms with Crippen molar-refractivity contribution >= 4 is 40.9 Å². The lowest BCUT2D eigenvalue weighted by molar-refractivity contribution is -0.112. The van der Waals surface area contributed by atoms with Crippen molar-refractivity contribution in [3.63, 3.8) is 0 Å². The summed E-state index contributed by atoms with van der Waals surface area (Å²) in [5.74, 6) is 0.296. The van der Waals surface area contributed by atoms with Crippen molar-refractivity contribution in [3.8, 4) is 17.6 Å². The van der Waals surface area contributed by atoms with E-state index in [1.165, 1.54) is 6.08 Å². The SMILES string of the molecule is CCOc1cc(/C=C(\C#N)C(=O)Nc2cccc(C)c2C)cc(Cl)c1OCc1ccc(Cl)cc1. The molecule has 0 aliphatic carbocycles. The fraction of sp³-hybridized carbons (Fsp3) is 0.185. The highest BCUT2D eigenvalue weighted by Crippen LogP contribution is 2.38. The van der Waals surface area contributed by atoms with Crippen molar-refractivity contribution < 1.29 is 14.3 Å². The zero-order chi connectivity index (χ0) is 24.7. The van der Waals surface area contributed by atoms with Gasteiger partial charge in [0.2, 0.25) is 0 Å². The predicted molar refractivity (Wildman–Crippen MR) is 137 cm³/mol. The molecule has 1 N–H and O–H groups in total. The van der Waals surface area contributed by atoms with Gasteiger partial charge in [0.25, 0.3) is 5.91 Å². The Hall–Kier alpha value is -3.46. The molecule has 0 aliphatic rings. The van der Waals surface area contributed by atoms with Crippen molar-refractivity contribution in [2.24, 2.45) is 0 Å². The van der Waals surface area contributed by atoms with Gasteiger partial charge in [-0.25, -0.2) is 0 Å². The fourth-order valence-corrected chi connectivity index (χ4v) is 3.60. The summed E-state index contributed by atoms with van der Waals surface area (Å²) in [5.41, 5.74) is 4.04. The summed E-state index contributed by atoms with van der Waals surface area (Å²) >= 11 is 12.4. The van der Waals surface area contributed by atoms with Crippen LogP contribution in [0.2, 0.25) is 10.0 Å². The van der Waals surface area contributed by atoms with Crippen molar-refractivity contribution in [1.29, 1.82) is 5.26 Å². The average molecular weight is 495 g/mol. The van der Waals surface area contributed by atoms with Gasteiger partial charge in [0.15, 0.2) is 11.5 Å². The van der Waals surface area contributed by atoms with Crippen molar-refractivity contribution in [2.75, 3.05) is 11.9 Å². The Morgan fingerprint density at radius 1 is 1.09 bits per heavy atom. The minimum absolute atomic E-state index is 0.0609. The molecule has 0 aromatic heterocycles. The molecule has 0 atom stereocenters. The number of rotatable bonds is 8. The van der Waals surface area contributed by atoms with Crippen LogP contribution >= 0.6 is 23.2 Å². The van der Waals surface area contributed by atoms with E-state index in [2.05, 4.69) is 5.32 Å². The van der Waals surface area contributed by atoms with Gasteiger partial charge in [0.1, 0.15) is 18.2 Å². The monoisotopic (exact) mass is 494 g/mol. The average Bonchev–Trinajstić information content (AvgIpc) is 2.81. The molecule has 0 saturated carbocycles. The van der Waals surface area contributed by atoms with E-state index in [0.717, 1.165) is 16.7 Å². The number of nitrogens with one attached hydrogen (secondary N) is 1. The quantitative estimate of drug-likeness (QED) is 0.267. The van der Waals surface area contributed by atoms with Crippen LogP contribution in [0.5, 0.6) is 11.5 Å². The minimum atomic E-state index is -0.506. The normalized spacial score (nSPS) is 11.0. The summed E-state index contributed by atoms with van der Waals surface area (Å²) in [5, 5.41) is 13.4. The van der Waals surface area contributed by atoms with Gasteiger partial charge in [-0.3, -0.25) is 4.79 Å². The lowest BCUT2D eigenvalue weighted by atomic mass is 10.1. The number of hydrogen-bond acceptors (Lipinski definition) is 4. The molecule has 3 aromatic rings. The van der Waals surface area contributed by atoms with Gasteiger partial charge in [-0.05, 0) is 79.4 Å². The third kappa shape index (κ3) is 6.32. The molecule has 0 heterocycles. The molecule has 1 amide bonds. The molecule has 0 aliphatic heterocycles. The maximum atomic E-state index is 12.8. The van der Waals surface area contributed by atoms with Crippen LogP contribution in [0.3, 0.4) is 0 Å². The zero-order valence-electron chi connectivity index (χ0n) is 19.1. The highest BCUT2D eigenvalue weighted by molar-refractivity contribution is 6.32. The summed E-state index contributed by atoms with van der Waals surface area (Å²) in [7, 11) is 0. The second kappa shape index (κ2) is 11.6. The number of benzene rings is 3. The number of aryl methyl sites for hydroxylation is 1. The van der Waals surface area contributed by atoms with E-state index >= 15 is 0 Å². The molecular weight excluding hydrogens is 471 g/mol. The molecule has 3 rings (SSSR count). The lowest BCUT2D eigenvalue weighted by Gasteiger charge is -2.15.